The van der Waals surface area contributed by atoms with Crippen molar-refractivity contribution in [2.75, 3.05) is 41.8 Å². The van der Waals surface area contributed by atoms with E-state index < -0.39 is 0 Å². The van der Waals surface area contributed by atoms with Crippen LogP contribution < -0.4 is 24.3 Å². The number of aromatic nitrogens is 5. The van der Waals surface area contributed by atoms with Crippen LogP contribution in [-0.4, -0.2) is 46.5 Å². The highest BCUT2D eigenvalue weighted by atomic mass is 33.1. The highest BCUT2D eigenvalue weighted by Gasteiger charge is 2.07. The van der Waals surface area contributed by atoms with Gasteiger partial charge >= 0.3 is 0 Å². The first-order valence-electron chi connectivity index (χ1n) is 19.9. The Hall–Kier alpha value is -5.06. The summed E-state index contributed by atoms with van der Waals surface area (Å²) in [4.78, 5) is 4.16. The zero-order valence-corrected chi connectivity index (χ0v) is 34.7. The van der Waals surface area contributed by atoms with E-state index in [4.69, 9.17) is 0 Å². The van der Waals surface area contributed by atoms with Crippen molar-refractivity contribution in [3.8, 4) is 0 Å². The molecule has 0 amide bonds. The van der Waals surface area contributed by atoms with Gasteiger partial charge in [0.2, 0.25) is 18.3 Å². The van der Waals surface area contributed by atoms with Gasteiger partial charge in [-0.2, -0.15) is 4.57 Å². The number of rotatable bonds is 25. The van der Waals surface area contributed by atoms with Crippen molar-refractivity contribution in [3.05, 3.63) is 158 Å². The fourth-order valence-corrected chi connectivity index (χ4v) is 7.87. The van der Waals surface area contributed by atoms with E-state index in [1.165, 1.54) is 16.8 Å². The molecule has 0 saturated carbocycles. The second kappa shape index (κ2) is 25.2. The number of aryl methyl sites for hydroxylation is 5. The third-order valence-corrected chi connectivity index (χ3v) is 11.3. The maximum atomic E-state index is 4.16. The zero-order valence-electron chi connectivity index (χ0n) is 33.1. The predicted molar refractivity (Wildman–Crippen MR) is 241 cm³/mol. The summed E-state index contributed by atoms with van der Waals surface area (Å²) in [7, 11) is 3.92. The highest BCUT2D eigenvalue weighted by Crippen LogP contribution is 2.20. The average molecular weight is 788 g/mol. The summed E-state index contributed by atoms with van der Waals surface area (Å²) in [5.41, 5.74) is 5.92. The number of hydrogen-bond donors (Lipinski definition) is 2. The second-order valence-corrected chi connectivity index (χ2v) is 16.0. The summed E-state index contributed by atoms with van der Waals surface area (Å²) in [6, 6.07) is 23.6. The van der Waals surface area contributed by atoms with Crippen LogP contribution in [0, 0.1) is 0 Å². The molecule has 0 aliphatic heterocycles. The molecule has 0 spiro atoms. The molecule has 5 aromatic rings. The predicted octanol–water partition coefficient (Wildman–Crippen LogP) is 8.64. The van der Waals surface area contributed by atoms with Gasteiger partial charge in [-0.1, -0.05) is 76.2 Å². The van der Waals surface area contributed by atoms with E-state index in [1.54, 1.807) is 0 Å². The molecule has 56 heavy (non-hydrogen) atoms. The molecule has 10 heteroatoms. The first-order chi connectivity index (χ1) is 27.7. The Morgan fingerprint density at radius 1 is 0.625 bits per heavy atom. The lowest BCUT2D eigenvalue weighted by molar-refractivity contribution is -0.695. The van der Waals surface area contributed by atoms with Crippen LogP contribution in [0.2, 0.25) is 0 Å². The summed E-state index contributed by atoms with van der Waals surface area (Å²) >= 11 is 0. The molecule has 2 aromatic carbocycles. The van der Waals surface area contributed by atoms with E-state index in [2.05, 4.69) is 180 Å². The topological polar surface area (TPSA) is 57.9 Å². The quantitative estimate of drug-likeness (QED) is 0.0205. The third kappa shape index (κ3) is 16.0. The minimum Gasteiger partial charge on any atom is -0.385 e. The van der Waals surface area contributed by atoms with Crippen LogP contribution in [0.5, 0.6) is 0 Å². The lowest BCUT2D eigenvalue weighted by Gasteiger charge is -2.06. The maximum absolute atomic E-state index is 4.16. The van der Waals surface area contributed by atoms with Crippen molar-refractivity contribution < 1.29 is 13.7 Å². The number of nitrogens with one attached hydrogen (secondary N) is 2. The molecule has 0 unspecified atom stereocenters. The molecule has 0 atom stereocenters. The largest absolute Gasteiger partial charge is 0.385 e. The van der Waals surface area contributed by atoms with Crippen LogP contribution in [-0.2, 0) is 32.7 Å². The minimum atomic E-state index is 0.816. The van der Waals surface area contributed by atoms with E-state index in [1.807, 2.05) is 59.0 Å². The van der Waals surface area contributed by atoms with Gasteiger partial charge in [-0.05, 0) is 67.5 Å². The van der Waals surface area contributed by atoms with Gasteiger partial charge in [0.25, 0.3) is 0 Å². The molecule has 0 aliphatic rings. The maximum Gasteiger partial charge on any atom is 0.243 e. The van der Waals surface area contributed by atoms with Crippen molar-refractivity contribution in [2.45, 2.75) is 59.4 Å². The Bertz CT molecular complexity index is 1990. The van der Waals surface area contributed by atoms with Gasteiger partial charge in [-0.3, -0.25) is 4.99 Å². The molecular weight excluding hydrogens is 729 g/mol. The molecule has 2 N–H and O–H groups in total. The zero-order chi connectivity index (χ0) is 38.9. The summed E-state index contributed by atoms with van der Waals surface area (Å²) in [6.45, 7) is 11.9. The number of hydrogen-bond acceptors (Lipinski definition) is 5. The summed E-state index contributed by atoms with van der Waals surface area (Å²) in [5.74, 6) is 2.19. The first kappa shape index (κ1) is 42.1. The number of benzene rings is 2. The average Bonchev–Trinajstić information content (AvgIpc) is 3.90. The lowest BCUT2D eigenvalue weighted by atomic mass is 10.1. The molecule has 3 aromatic heterocycles. The Labute approximate surface area is 342 Å². The van der Waals surface area contributed by atoms with Crippen molar-refractivity contribution in [3.63, 3.8) is 0 Å². The summed E-state index contributed by atoms with van der Waals surface area (Å²) in [5, 5.41) is 7.12. The molecule has 0 radical (unpaired) electrons. The van der Waals surface area contributed by atoms with Gasteiger partial charge in [0.1, 0.15) is 31.3 Å². The van der Waals surface area contributed by atoms with E-state index in [0.29, 0.717) is 0 Å². The van der Waals surface area contributed by atoms with Gasteiger partial charge < -0.3 is 10.6 Å². The number of allylic oxidation sites excluding steroid dienone is 5. The van der Waals surface area contributed by atoms with Crippen molar-refractivity contribution in [1.29, 1.82) is 0 Å². The number of nitrogens with zero attached hydrogens (tertiary/aromatic N) is 6. The standard InChI is InChI=1S/C46H58N8S2/c1-3-47-26-10-7-5-6-8-14-42-16-21-44(22-17-42)48-27-12-29-50-32-34-52(40-50)36-38-55-56-39-37-53-35-33-51(41-53)30-13-28-49-45-23-18-43(19-24-45)20-25-46-15-9-11-31-54(46)4-2/h5-11,14-26,31-35,40-41H,3-4,12-13,27-30,36-39H2,1-2H3,(H,47,48)/q+2/p+1. The number of imidazole rings is 2. The van der Waals surface area contributed by atoms with E-state index in [-0.39, 0.29) is 0 Å². The summed E-state index contributed by atoms with van der Waals surface area (Å²) < 4.78 is 11.4. The van der Waals surface area contributed by atoms with Crippen molar-refractivity contribution >= 4 is 57.4 Å². The first-order valence-corrected chi connectivity index (χ1v) is 22.4. The molecule has 8 nitrogen and oxygen atoms in total. The summed E-state index contributed by atoms with van der Waals surface area (Å²) in [6.07, 6.45) is 35.8. The lowest BCUT2D eigenvalue weighted by Crippen LogP contribution is -2.34. The van der Waals surface area contributed by atoms with Crippen LogP contribution in [0.4, 0.5) is 11.4 Å². The molecule has 292 valence electrons. The van der Waals surface area contributed by atoms with Gasteiger partial charge in [0.15, 0.2) is 6.20 Å². The van der Waals surface area contributed by atoms with Gasteiger partial charge in [-0.25, -0.2) is 18.3 Å². The minimum absolute atomic E-state index is 0.816. The van der Waals surface area contributed by atoms with Crippen LogP contribution >= 0.6 is 21.6 Å². The Kier molecular flexibility index (Phi) is 18.9. The highest BCUT2D eigenvalue weighted by molar-refractivity contribution is 8.76. The van der Waals surface area contributed by atoms with Gasteiger partial charge in [0, 0.05) is 79.8 Å². The fraction of sp³-hybridized carbons (Fsp3) is 0.304. The van der Waals surface area contributed by atoms with Crippen LogP contribution in [0.15, 0.2) is 146 Å². The fourth-order valence-electron chi connectivity index (χ4n) is 5.91. The molecular formula is C46H59N8S2+3. The Morgan fingerprint density at radius 2 is 1.20 bits per heavy atom. The van der Waals surface area contributed by atoms with Crippen LogP contribution in [0.25, 0.3) is 18.2 Å². The van der Waals surface area contributed by atoms with E-state index in [0.717, 1.165) is 88.1 Å². The van der Waals surface area contributed by atoms with Gasteiger partial charge in [0.05, 0.1) is 26.2 Å². The SMILES string of the molecule is CC/N=C/C=C\C=C\C=C\c1ccc(NCCCn2cc[n+](CCSSCC[n+]3ccn(CCCNc4ccc(/C=C/c5cccc[n+]5CC)cc4)c3)c2)cc1. The number of aliphatic imine (C=N–C) groups is 1. The van der Waals surface area contributed by atoms with Crippen molar-refractivity contribution in [1.82, 2.24) is 9.13 Å². The number of pyridine rings is 1. The molecule has 3 heterocycles. The third-order valence-electron chi connectivity index (χ3n) is 8.98. The van der Waals surface area contributed by atoms with Crippen molar-refractivity contribution in [2.24, 2.45) is 4.99 Å². The molecule has 0 bridgehead atoms. The Balaban J connectivity index is 0.868. The van der Waals surface area contributed by atoms with Gasteiger partial charge in [-0.15, -0.1) is 0 Å². The molecule has 0 fully saturated rings. The van der Waals surface area contributed by atoms with Crippen LogP contribution in [0.3, 0.4) is 0 Å². The second-order valence-electron chi connectivity index (χ2n) is 13.2. The smallest absolute Gasteiger partial charge is 0.243 e. The van der Waals surface area contributed by atoms with E-state index in [9.17, 15) is 0 Å². The number of anilines is 2. The molecule has 5 rings (SSSR count). The van der Waals surface area contributed by atoms with E-state index >= 15 is 0 Å². The molecule has 0 aliphatic carbocycles. The van der Waals surface area contributed by atoms with Crippen LogP contribution in [0.1, 0.15) is 43.5 Å². The Morgan fingerprint density at radius 3 is 1.79 bits per heavy atom. The normalized spacial score (nSPS) is 12.0. The molecule has 0 saturated heterocycles. The monoisotopic (exact) mass is 787 g/mol.